The van der Waals surface area contributed by atoms with Crippen LogP contribution in [0.3, 0.4) is 0 Å². The van der Waals surface area contributed by atoms with Gasteiger partial charge in [-0.1, -0.05) is 23.8 Å². The van der Waals surface area contributed by atoms with Gasteiger partial charge in [-0.25, -0.2) is 9.48 Å². The van der Waals surface area contributed by atoms with Crippen LogP contribution in [0, 0.1) is 19.8 Å². The molecule has 168 valence electrons. The Hall–Kier alpha value is -2.41. The van der Waals surface area contributed by atoms with E-state index in [-0.39, 0.29) is 17.5 Å². The molecule has 0 spiro atoms. The van der Waals surface area contributed by atoms with Crippen LogP contribution in [-0.4, -0.2) is 51.8 Å². The van der Waals surface area contributed by atoms with Gasteiger partial charge in [-0.2, -0.15) is 5.10 Å². The molecule has 1 amide bonds. The van der Waals surface area contributed by atoms with Gasteiger partial charge in [0.2, 0.25) is 5.91 Å². The zero-order chi connectivity index (χ0) is 22.0. The lowest BCUT2D eigenvalue weighted by Crippen LogP contribution is -2.37. The molecule has 31 heavy (non-hydrogen) atoms. The number of nitrogens with one attached hydrogen (secondary N) is 1. The van der Waals surface area contributed by atoms with E-state index in [4.69, 9.17) is 0 Å². The predicted octanol–water partition coefficient (Wildman–Crippen LogP) is 2.44. The molecular weight excluding hydrogens is 390 g/mol. The maximum Gasteiger partial charge on any atom is 0.346 e. The summed E-state index contributed by atoms with van der Waals surface area (Å²) in [5.74, 6) is 0.993. The second-order valence-electron chi connectivity index (χ2n) is 9.40. The largest absolute Gasteiger partial charge is 0.355 e. The van der Waals surface area contributed by atoms with Gasteiger partial charge in [-0.3, -0.25) is 9.36 Å². The number of aromatic nitrogens is 3. The van der Waals surface area contributed by atoms with E-state index in [2.05, 4.69) is 54.4 Å². The van der Waals surface area contributed by atoms with Crippen molar-refractivity contribution in [3.05, 3.63) is 51.2 Å². The van der Waals surface area contributed by atoms with Crippen molar-refractivity contribution in [3.8, 4) is 0 Å². The van der Waals surface area contributed by atoms with Crippen LogP contribution in [0.1, 0.15) is 60.5 Å². The zero-order valence-electron chi connectivity index (χ0n) is 19.1. The van der Waals surface area contributed by atoms with Crippen molar-refractivity contribution in [1.82, 2.24) is 24.6 Å². The molecule has 0 aliphatic carbocycles. The Balaban J connectivity index is 1.42. The van der Waals surface area contributed by atoms with Crippen molar-refractivity contribution < 1.29 is 4.79 Å². The minimum absolute atomic E-state index is 0.0118. The van der Waals surface area contributed by atoms with Crippen LogP contribution in [0.2, 0.25) is 0 Å². The fourth-order valence-electron chi connectivity index (χ4n) is 4.87. The highest BCUT2D eigenvalue weighted by atomic mass is 16.2. The highest BCUT2D eigenvalue weighted by Crippen LogP contribution is 2.25. The van der Waals surface area contributed by atoms with E-state index >= 15 is 0 Å². The molecule has 1 fully saturated rings. The maximum atomic E-state index is 13.0. The van der Waals surface area contributed by atoms with Gasteiger partial charge < -0.3 is 10.2 Å². The molecule has 7 heteroatoms. The first-order chi connectivity index (χ1) is 14.9. The summed E-state index contributed by atoms with van der Waals surface area (Å²) >= 11 is 0. The summed E-state index contributed by atoms with van der Waals surface area (Å²) in [5, 5.41) is 7.76. The maximum absolute atomic E-state index is 13.0. The Kier molecular flexibility index (Phi) is 6.60. The van der Waals surface area contributed by atoms with E-state index in [1.54, 1.807) is 4.57 Å². The molecule has 1 atom stereocenters. The van der Waals surface area contributed by atoms with E-state index < -0.39 is 0 Å². The average Bonchev–Trinajstić information content (AvgIpc) is 3.07. The third-order valence-electron chi connectivity index (χ3n) is 6.97. The lowest BCUT2D eigenvalue weighted by atomic mass is 9.93. The normalized spacial score (nSPS) is 19.9. The SMILES string of the molecule is Cc1ccc(C)c(Cn2nc3n(c2=O)CCCC3C(=O)NCCC2CCN(C)CC2)c1. The fourth-order valence-corrected chi connectivity index (χ4v) is 4.87. The molecule has 1 unspecified atom stereocenters. The molecule has 0 radical (unpaired) electrons. The molecule has 1 aromatic heterocycles. The number of carbonyl (C=O) groups excluding carboxylic acids is 1. The summed E-state index contributed by atoms with van der Waals surface area (Å²) in [6, 6.07) is 6.26. The molecule has 1 N–H and O–H groups in total. The van der Waals surface area contributed by atoms with E-state index in [1.165, 1.54) is 23.1 Å². The molecule has 2 aliphatic rings. The van der Waals surface area contributed by atoms with Gasteiger partial charge in [0.05, 0.1) is 12.5 Å². The Morgan fingerprint density at radius 3 is 2.71 bits per heavy atom. The van der Waals surface area contributed by atoms with E-state index in [9.17, 15) is 9.59 Å². The average molecular weight is 426 g/mol. The van der Waals surface area contributed by atoms with Crippen LogP contribution < -0.4 is 11.0 Å². The second-order valence-corrected chi connectivity index (χ2v) is 9.40. The first kappa shape index (κ1) is 21.8. The number of benzene rings is 1. The van der Waals surface area contributed by atoms with Crippen LogP contribution in [0.25, 0.3) is 0 Å². The third kappa shape index (κ3) is 4.92. The lowest BCUT2D eigenvalue weighted by Gasteiger charge is -2.29. The first-order valence-electron chi connectivity index (χ1n) is 11.6. The number of nitrogens with zero attached hydrogens (tertiary/aromatic N) is 4. The Bertz CT molecular complexity index is 984. The number of amides is 1. The van der Waals surface area contributed by atoms with Gasteiger partial charge in [-0.05, 0) is 83.1 Å². The topological polar surface area (TPSA) is 72.2 Å². The van der Waals surface area contributed by atoms with Gasteiger partial charge in [0.1, 0.15) is 5.82 Å². The molecular formula is C24H35N5O2. The van der Waals surface area contributed by atoms with Crippen molar-refractivity contribution in [2.45, 2.75) is 65.0 Å². The van der Waals surface area contributed by atoms with Crippen LogP contribution >= 0.6 is 0 Å². The van der Waals surface area contributed by atoms with Gasteiger partial charge in [0, 0.05) is 13.1 Å². The number of fused-ring (bicyclic) bond motifs is 1. The van der Waals surface area contributed by atoms with E-state index in [0.29, 0.717) is 31.4 Å². The van der Waals surface area contributed by atoms with E-state index in [1.807, 2.05) is 0 Å². The fraction of sp³-hybridized carbons (Fsp3) is 0.625. The smallest absolute Gasteiger partial charge is 0.346 e. The Morgan fingerprint density at radius 1 is 1.16 bits per heavy atom. The Labute approximate surface area is 184 Å². The standard InChI is InChI=1S/C24H35N5O2/c1-17-6-7-18(2)20(15-17)16-29-24(31)28-12-4-5-21(22(28)26-29)23(30)25-11-8-19-9-13-27(3)14-10-19/h6-7,15,19,21H,4-5,8-14,16H2,1-3H3,(H,25,30). The molecule has 2 aromatic rings. The van der Waals surface area contributed by atoms with Gasteiger partial charge in [0.25, 0.3) is 0 Å². The predicted molar refractivity (Wildman–Crippen MR) is 121 cm³/mol. The molecule has 0 saturated carbocycles. The second kappa shape index (κ2) is 9.39. The van der Waals surface area contributed by atoms with Crippen LogP contribution in [-0.2, 0) is 17.9 Å². The quantitative estimate of drug-likeness (QED) is 0.772. The number of carbonyl (C=O) groups is 1. The van der Waals surface area contributed by atoms with Gasteiger partial charge in [-0.15, -0.1) is 0 Å². The molecule has 2 aliphatic heterocycles. The number of hydrogen-bond donors (Lipinski definition) is 1. The summed E-state index contributed by atoms with van der Waals surface area (Å²) in [7, 11) is 2.17. The van der Waals surface area contributed by atoms with Gasteiger partial charge in [0.15, 0.2) is 0 Å². The molecule has 1 aromatic carbocycles. The third-order valence-corrected chi connectivity index (χ3v) is 6.97. The van der Waals surface area contributed by atoms with Crippen LogP contribution in [0.5, 0.6) is 0 Å². The highest BCUT2D eigenvalue weighted by Gasteiger charge is 2.31. The monoisotopic (exact) mass is 425 g/mol. The zero-order valence-corrected chi connectivity index (χ0v) is 19.1. The van der Waals surface area contributed by atoms with Crippen LogP contribution in [0.15, 0.2) is 23.0 Å². The molecule has 0 bridgehead atoms. The summed E-state index contributed by atoms with van der Waals surface area (Å²) in [4.78, 5) is 28.3. The van der Waals surface area contributed by atoms with Crippen molar-refractivity contribution in [2.24, 2.45) is 5.92 Å². The van der Waals surface area contributed by atoms with Crippen molar-refractivity contribution in [3.63, 3.8) is 0 Å². The van der Waals surface area contributed by atoms with Crippen molar-refractivity contribution in [2.75, 3.05) is 26.7 Å². The first-order valence-corrected chi connectivity index (χ1v) is 11.6. The Morgan fingerprint density at radius 2 is 1.94 bits per heavy atom. The summed E-state index contributed by atoms with van der Waals surface area (Å²) in [5.41, 5.74) is 3.29. The number of piperidine rings is 1. The minimum atomic E-state index is -0.334. The van der Waals surface area contributed by atoms with E-state index in [0.717, 1.165) is 43.5 Å². The summed E-state index contributed by atoms with van der Waals surface area (Å²) in [6.07, 6.45) is 5.02. The van der Waals surface area contributed by atoms with Crippen LogP contribution in [0.4, 0.5) is 0 Å². The highest BCUT2D eigenvalue weighted by molar-refractivity contribution is 5.82. The van der Waals surface area contributed by atoms with Crippen molar-refractivity contribution >= 4 is 5.91 Å². The van der Waals surface area contributed by atoms with Gasteiger partial charge >= 0.3 is 5.69 Å². The summed E-state index contributed by atoms with van der Waals surface area (Å²) < 4.78 is 3.23. The lowest BCUT2D eigenvalue weighted by molar-refractivity contribution is -0.123. The number of rotatable bonds is 6. The number of aryl methyl sites for hydroxylation is 2. The minimum Gasteiger partial charge on any atom is -0.355 e. The van der Waals surface area contributed by atoms with Crippen molar-refractivity contribution in [1.29, 1.82) is 0 Å². The number of likely N-dealkylation sites (tertiary alicyclic amines) is 1. The molecule has 3 heterocycles. The number of hydrogen-bond acceptors (Lipinski definition) is 4. The molecule has 1 saturated heterocycles. The summed E-state index contributed by atoms with van der Waals surface area (Å²) in [6.45, 7) is 8.18. The molecule has 4 rings (SSSR count). The molecule has 7 nitrogen and oxygen atoms in total.